The highest BCUT2D eigenvalue weighted by Gasteiger charge is 2.57. The lowest BCUT2D eigenvalue weighted by Crippen LogP contribution is -2.74. The van der Waals surface area contributed by atoms with Crippen LogP contribution in [0.25, 0.3) is 11.3 Å². The van der Waals surface area contributed by atoms with Gasteiger partial charge in [0.1, 0.15) is 11.5 Å². The number of carbonyl (C=O) groups is 1. The summed E-state index contributed by atoms with van der Waals surface area (Å²) in [5, 5.41) is 10.2. The Kier molecular flexibility index (Phi) is 3.68. The van der Waals surface area contributed by atoms with Gasteiger partial charge < -0.3 is 14.7 Å². The first-order valence-electron chi connectivity index (χ1n) is 8.22. The lowest BCUT2D eigenvalue weighted by Gasteiger charge is -2.62. The molecular formula is C18H18FN3O3. The lowest BCUT2D eigenvalue weighted by atomic mass is 9.65. The van der Waals surface area contributed by atoms with Crippen molar-refractivity contribution in [2.24, 2.45) is 0 Å². The van der Waals surface area contributed by atoms with Crippen molar-refractivity contribution in [3.8, 4) is 11.3 Å². The summed E-state index contributed by atoms with van der Waals surface area (Å²) in [6.45, 7) is 0.473. The number of hydrogen-bond acceptors (Lipinski definition) is 6. The molecule has 1 spiro atoms. The Bertz CT molecular complexity index is 821. The Morgan fingerprint density at radius 2 is 2.08 bits per heavy atom. The van der Waals surface area contributed by atoms with E-state index in [1.165, 1.54) is 25.4 Å². The minimum absolute atomic E-state index is 0.0920. The van der Waals surface area contributed by atoms with Crippen LogP contribution in [-0.2, 0) is 4.74 Å². The third kappa shape index (κ3) is 2.38. The second-order valence-electron chi connectivity index (χ2n) is 6.51. The Balaban J connectivity index is 1.80. The third-order valence-electron chi connectivity index (χ3n) is 5.25. The number of ether oxygens (including phenoxy) is 1. The van der Waals surface area contributed by atoms with Gasteiger partial charge in [0.2, 0.25) is 0 Å². The first-order chi connectivity index (χ1) is 12.0. The molecule has 2 heterocycles. The molecule has 7 heteroatoms. The topological polar surface area (TPSA) is 75.5 Å². The summed E-state index contributed by atoms with van der Waals surface area (Å²) < 4.78 is 18.0. The maximum atomic E-state index is 13.3. The number of nitrogens with zero attached hydrogens (tertiary/aromatic N) is 3. The van der Waals surface area contributed by atoms with Crippen molar-refractivity contribution in [1.29, 1.82) is 0 Å². The van der Waals surface area contributed by atoms with Crippen LogP contribution in [0.3, 0.4) is 0 Å². The molecule has 1 aliphatic carbocycles. The van der Waals surface area contributed by atoms with E-state index >= 15 is 0 Å². The molecule has 2 aromatic rings. The Hall–Kier alpha value is -2.54. The Morgan fingerprint density at radius 3 is 2.64 bits per heavy atom. The fraction of sp³-hybridized carbons (Fsp3) is 0.389. The van der Waals surface area contributed by atoms with E-state index in [0.29, 0.717) is 23.6 Å². The SMILES string of the molecule is COC(=O)c1cnc(N2CC(O)C23CCC3)c(-c2ccc(F)cc2)n1. The molecule has 25 heavy (non-hydrogen) atoms. The van der Waals surface area contributed by atoms with Gasteiger partial charge >= 0.3 is 5.97 Å². The van der Waals surface area contributed by atoms with Crippen LogP contribution >= 0.6 is 0 Å². The molecule has 130 valence electrons. The molecule has 2 aliphatic rings. The number of aliphatic hydroxyl groups excluding tert-OH is 1. The summed E-state index contributed by atoms with van der Waals surface area (Å²) >= 11 is 0. The van der Waals surface area contributed by atoms with Crippen molar-refractivity contribution in [2.45, 2.75) is 30.9 Å². The summed E-state index contributed by atoms with van der Waals surface area (Å²) in [6.07, 6.45) is 3.86. The van der Waals surface area contributed by atoms with Crippen LogP contribution in [0.2, 0.25) is 0 Å². The molecule has 1 saturated carbocycles. The Labute approximate surface area is 144 Å². The first-order valence-corrected chi connectivity index (χ1v) is 8.22. The van der Waals surface area contributed by atoms with E-state index < -0.39 is 5.97 Å². The average molecular weight is 343 g/mol. The maximum absolute atomic E-state index is 13.3. The van der Waals surface area contributed by atoms with Gasteiger partial charge in [0.15, 0.2) is 11.5 Å². The summed E-state index contributed by atoms with van der Waals surface area (Å²) in [5.41, 5.74) is 0.955. The number of carbonyl (C=O) groups excluding carboxylic acids is 1. The van der Waals surface area contributed by atoms with Gasteiger partial charge in [-0.3, -0.25) is 0 Å². The molecule has 1 saturated heterocycles. The molecule has 1 atom stereocenters. The normalized spacial score (nSPS) is 20.8. The summed E-state index contributed by atoms with van der Waals surface area (Å²) in [7, 11) is 1.28. The zero-order chi connectivity index (χ0) is 17.6. The van der Waals surface area contributed by atoms with E-state index in [0.717, 1.165) is 19.3 Å². The van der Waals surface area contributed by atoms with Crippen LogP contribution in [0, 0.1) is 5.82 Å². The van der Waals surface area contributed by atoms with E-state index in [1.807, 2.05) is 4.90 Å². The molecule has 0 bridgehead atoms. The number of methoxy groups -OCH3 is 1. The van der Waals surface area contributed by atoms with Crippen LogP contribution in [-0.4, -0.2) is 46.3 Å². The summed E-state index contributed by atoms with van der Waals surface area (Å²) in [5.74, 6) is -0.328. The van der Waals surface area contributed by atoms with Crippen LogP contribution in [0.5, 0.6) is 0 Å². The largest absolute Gasteiger partial charge is 0.464 e. The molecule has 1 aliphatic heterocycles. The van der Waals surface area contributed by atoms with Gasteiger partial charge in [0.05, 0.1) is 24.9 Å². The van der Waals surface area contributed by atoms with Crippen molar-refractivity contribution < 1.29 is 19.0 Å². The van der Waals surface area contributed by atoms with Gasteiger partial charge in [-0.05, 0) is 43.5 Å². The van der Waals surface area contributed by atoms with Gasteiger partial charge in [0, 0.05) is 12.1 Å². The van der Waals surface area contributed by atoms with E-state index in [4.69, 9.17) is 4.74 Å². The molecule has 0 radical (unpaired) electrons. The average Bonchev–Trinajstić information content (AvgIpc) is 2.58. The highest BCUT2D eigenvalue weighted by molar-refractivity contribution is 5.88. The maximum Gasteiger partial charge on any atom is 0.358 e. The minimum atomic E-state index is -0.579. The quantitative estimate of drug-likeness (QED) is 0.861. The number of benzene rings is 1. The van der Waals surface area contributed by atoms with Gasteiger partial charge in [-0.15, -0.1) is 0 Å². The number of aliphatic hydroxyl groups is 1. The number of rotatable bonds is 3. The summed E-state index contributed by atoms with van der Waals surface area (Å²) in [4.78, 5) is 22.7. The molecule has 1 aromatic carbocycles. The Morgan fingerprint density at radius 1 is 1.36 bits per heavy atom. The number of anilines is 1. The molecule has 4 rings (SSSR count). The highest BCUT2D eigenvalue weighted by Crippen LogP contribution is 2.50. The first kappa shape index (κ1) is 16.0. The third-order valence-corrected chi connectivity index (χ3v) is 5.25. The zero-order valence-electron chi connectivity index (χ0n) is 13.8. The van der Waals surface area contributed by atoms with Crippen molar-refractivity contribution in [3.05, 3.63) is 42.0 Å². The molecular weight excluding hydrogens is 325 g/mol. The smallest absolute Gasteiger partial charge is 0.358 e. The van der Waals surface area contributed by atoms with Crippen LogP contribution in [0.1, 0.15) is 29.8 Å². The predicted octanol–water partition coefficient (Wildman–Crippen LogP) is 2.17. The van der Waals surface area contributed by atoms with Gasteiger partial charge in [-0.1, -0.05) is 0 Å². The molecule has 6 nitrogen and oxygen atoms in total. The molecule has 1 N–H and O–H groups in total. The number of esters is 1. The standard InChI is InChI=1S/C18H18FN3O3/c1-25-17(24)13-9-20-16(22-10-14(23)18(22)7-2-8-18)15(21-13)11-3-5-12(19)6-4-11/h3-6,9,14,23H,2,7-8,10H2,1H3. The fourth-order valence-electron chi connectivity index (χ4n) is 3.62. The number of hydrogen-bond donors (Lipinski definition) is 1. The van der Waals surface area contributed by atoms with E-state index in [1.54, 1.807) is 12.1 Å². The second-order valence-corrected chi connectivity index (χ2v) is 6.51. The number of halogens is 1. The number of aromatic nitrogens is 2. The van der Waals surface area contributed by atoms with Gasteiger partial charge in [-0.25, -0.2) is 19.2 Å². The lowest BCUT2D eigenvalue weighted by molar-refractivity contribution is -0.0272. The molecule has 0 amide bonds. The predicted molar refractivity (Wildman–Crippen MR) is 88.7 cm³/mol. The molecule has 1 unspecified atom stereocenters. The monoisotopic (exact) mass is 343 g/mol. The van der Waals surface area contributed by atoms with E-state index in [9.17, 15) is 14.3 Å². The van der Waals surface area contributed by atoms with Crippen molar-refractivity contribution in [2.75, 3.05) is 18.6 Å². The zero-order valence-corrected chi connectivity index (χ0v) is 13.8. The minimum Gasteiger partial charge on any atom is -0.464 e. The van der Waals surface area contributed by atoms with Crippen LogP contribution in [0.15, 0.2) is 30.5 Å². The number of β-amino-alcohol motifs (C(OH)–C–C–N with tert-alkyl or cyclic N) is 1. The van der Waals surface area contributed by atoms with Gasteiger partial charge in [0.25, 0.3) is 0 Å². The second kappa shape index (κ2) is 5.77. The molecule has 2 fully saturated rings. The van der Waals surface area contributed by atoms with Gasteiger partial charge in [-0.2, -0.15) is 0 Å². The van der Waals surface area contributed by atoms with E-state index in [2.05, 4.69) is 9.97 Å². The van der Waals surface area contributed by atoms with Crippen molar-refractivity contribution in [1.82, 2.24) is 9.97 Å². The van der Waals surface area contributed by atoms with Crippen molar-refractivity contribution >= 4 is 11.8 Å². The van der Waals surface area contributed by atoms with Crippen molar-refractivity contribution in [3.63, 3.8) is 0 Å². The molecule has 1 aromatic heterocycles. The van der Waals surface area contributed by atoms with Crippen LogP contribution < -0.4 is 4.90 Å². The fourth-order valence-corrected chi connectivity index (χ4v) is 3.62. The van der Waals surface area contributed by atoms with Crippen LogP contribution in [0.4, 0.5) is 10.2 Å². The summed E-state index contributed by atoms with van der Waals surface area (Å²) in [6, 6.07) is 5.90. The highest BCUT2D eigenvalue weighted by atomic mass is 19.1. The van der Waals surface area contributed by atoms with E-state index in [-0.39, 0.29) is 23.2 Å².